The number of carbonyl (C=O) groups is 2. The van der Waals surface area contributed by atoms with Crippen LogP contribution in [0.15, 0.2) is 60.4 Å². The Morgan fingerprint density at radius 1 is 0.852 bits per heavy atom. The van der Waals surface area contributed by atoms with Crippen LogP contribution in [0.3, 0.4) is 0 Å². The van der Waals surface area contributed by atoms with Crippen molar-refractivity contribution < 1.29 is 63.5 Å². The van der Waals surface area contributed by atoms with E-state index in [4.69, 9.17) is 5.11 Å². The number of benzene rings is 2. The molecule has 61 heavy (non-hydrogen) atoms. The molecule has 3 atom stereocenters. The summed E-state index contributed by atoms with van der Waals surface area (Å²) in [5, 5.41) is 19.7. The molecule has 334 valence electrons. The highest BCUT2D eigenvalue weighted by atomic mass is 127. The predicted octanol–water partition coefficient (Wildman–Crippen LogP) is 9.65. The molecule has 0 saturated carbocycles. The van der Waals surface area contributed by atoms with Crippen molar-refractivity contribution in [3.8, 4) is 0 Å². The molecule has 0 spiro atoms. The van der Waals surface area contributed by atoms with E-state index in [2.05, 4.69) is 67.8 Å². The molecule has 20 heteroatoms. The van der Waals surface area contributed by atoms with Crippen LogP contribution in [0.4, 0.5) is 24.5 Å². The molecule has 2 aliphatic heterocycles. The molecule has 0 aromatic heterocycles. The van der Waals surface area contributed by atoms with E-state index in [1.54, 1.807) is 62.4 Å². The maximum atomic E-state index is 15.7. The van der Waals surface area contributed by atoms with Crippen LogP contribution >= 0.6 is 67.8 Å². The van der Waals surface area contributed by atoms with Gasteiger partial charge < -0.3 is 15.1 Å². The standard InChI is InChI=1S/C41H46F3I3N2O10S2/c1-4-5-15-25(39(52)53)41(3)31(49(24-61(57,58)59)29-23-27(45)37(46)38(47)34(29)41)17-11-8-6-7-10-16-30-40(2,19-13-9-12-18-32(50)51)33-28(22-26(42)35(43)36(33)44)48(30)20-14-21-60(54,55)56/h6-8,10-11,16-17,22-23,25H,4-5,9,12-15,18-21,24H2,1-3H3,(H3-,50,51,52,53,54,55,56,57,58,59)/p+1. The Labute approximate surface area is 395 Å². The Hall–Kier alpha value is -2.39. The minimum atomic E-state index is -4.60. The molecule has 2 heterocycles. The average Bonchev–Trinajstić information content (AvgIpc) is 3.50. The van der Waals surface area contributed by atoms with E-state index in [0.717, 1.165) is 23.2 Å². The summed E-state index contributed by atoms with van der Waals surface area (Å²) < 4.78 is 117. The van der Waals surface area contributed by atoms with E-state index in [1.807, 2.05) is 6.92 Å². The van der Waals surface area contributed by atoms with Gasteiger partial charge in [-0.2, -0.15) is 21.4 Å². The minimum absolute atomic E-state index is 0.0115. The molecule has 0 saturated heterocycles. The van der Waals surface area contributed by atoms with Gasteiger partial charge in [0.05, 0.1) is 22.6 Å². The van der Waals surface area contributed by atoms with Crippen molar-refractivity contribution in [1.29, 1.82) is 0 Å². The number of fused-ring (bicyclic) bond motifs is 2. The molecular weight excluding hydrogens is 1180 g/mol. The summed E-state index contributed by atoms with van der Waals surface area (Å²) >= 11 is 6.45. The lowest BCUT2D eigenvalue weighted by molar-refractivity contribution is -0.437. The van der Waals surface area contributed by atoms with E-state index < -0.39 is 78.0 Å². The predicted molar refractivity (Wildman–Crippen MR) is 252 cm³/mol. The van der Waals surface area contributed by atoms with Crippen LogP contribution in [0.2, 0.25) is 0 Å². The Morgan fingerprint density at radius 3 is 2.11 bits per heavy atom. The molecule has 3 unspecified atom stereocenters. The van der Waals surface area contributed by atoms with E-state index in [-0.39, 0.29) is 37.1 Å². The van der Waals surface area contributed by atoms with E-state index >= 15 is 4.39 Å². The lowest BCUT2D eigenvalue weighted by Gasteiger charge is -2.35. The fourth-order valence-electron chi connectivity index (χ4n) is 8.28. The Balaban J connectivity index is 1.80. The van der Waals surface area contributed by atoms with Crippen molar-refractivity contribution in [2.45, 2.75) is 89.4 Å². The Morgan fingerprint density at radius 2 is 1.51 bits per heavy atom. The molecule has 0 amide bonds. The zero-order chi connectivity index (χ0) is 45.7. The smallest absolute Gasteiger partial charge is 0.307 e. The molecule has 0 aliphatic carbocycles. The summed E-state index contributed by atoms with van der Waals surface area (Å²) in [6, 6.07) is 2.62. The number of hydrogen-bond donors (Lipinski definition) is 4. The number of halogens is 6. The largest absolute Gasteiger partial charge is 0.481 e. The summed E-state index contributed by atoms with van der Waals surface area (Å²) in [5.41, 5.74) is -0.824. The first-order valence-electron chi connectivity index (χ1n) is 19.3. The number of allylic oxidation sites excluding steroid dienone is 8. The van der Waals surface area contributed by atoms with E-state index in [9.17, 15) is 49.4 Å². The zero-order valence-electron chi connectivity index (χ0n) is 33.5. The Kier molecular flexibility index (Phi) is 17.7. The van der Waals surface area contributed by atoms with Gasteiger partial charge in [0, 0.05) is 58.1 Å². The number of carboxylic acids is 2. The summed E-state index contributed by atoms with van der Waals surface area (Å²) in [5.74, 6) is -9.00. The third-order valence-electron chi connectivity index (χ3n) is 11.1. The van der Waals surface area contributed by atoms with Crippen LogP contribution in [0, 0.1) is 34.1 Å². The highest BCUT2D eigenvalue weighted by Crippen LogP contribution is 2.56. The quantitative estimate of drug-likeness (QED) is 0.0233. The summed E-state index contributed by atoms with van der Waals surface area (Å²) in [4.78, 5) is 25.5. The first-order valence-corrected chi connectivity index (χ1v) is 25.7. The van der Waals surface area contributed by atoms with Crippen LogP contribution in [0.5, 0.6) is 0 Å². The second-order valence-electron chi connectivity index (χ2n) is 15.3. The maximum absolute atomic E-state index is 15.7. The highest BCUT2D eigenvalue weighted by molar-refractivity contribution is 14.1. The molecule has 4 rings (SSSR count). The van der Waals surface area contributed by atoms with Gasteiger partial charge in [0.2, 0.25) is 5.69 Å². The molecule has 2 aromatic rings. The lowest BCUT2D eigenvalue weighted by atomic mass is 9.69. The molecule has 2 aromatic carbocycles. The van der Waals surface area contributed by atoms with Gasteiger partial charge in [-0.3, -0.25) is 18.7 Å². The lowest BCUT2D eigenvalue weighted by Crippen LogP contribution is -2.41. The number of carboxylic acid groups (broad SMARTS) is 2. The molecule has 2 aliphatic rings. The topological polar surface area (TPSA) is 190 Å². The molecule has 0 bridgehead atoms. The number of rotatable bonds is 21. The summed E-state index contributed by atoms with van der Waals surface area (Å²) in [6.45, 7) is 5.25. The van der Waals surface area contributed by atoms with Gasteiger partial charge >= 0.3 is 11.9 Å². The van der Waals surface area contributed by atoms with Crippen LogP contribution in [-0.4, -0.2) is 76.6 Å². The minimum Gasteiger partial charge on any atom is -0.481 e. The van der Waals surface area contributed by atoms with Gasteiger partial charge in [-0.15, -0.1) is 0 Å². The van der Waals surface area contributed by atoms with Gasteiger partial charge in [-0.1, -0.05) is 63.0 Å². The second kappa shape index (κ2) is 21.1. The van der Waals surface area contributed by atoms with Crippen molar-refractivity contribution in [3.63, 3.8) is 0 Å². The highest BCUT2D eigenvalue weighted by Gasteiger charge is 2.54. The molecule has 4 N–H and O–H groups in total. The second-order valence-corrected chi connectivity index (χ2v) is 21.6. The average molecular weight is 1230 g/mol. The molecule has 0 radical (unpaired) electrons. The first-order chi connectivity index (χ1) is 28.4. The van der Waals surface area contributed by atoms with Crippen LogP contribution in [0.25, 0.3) is 0 Å². The number of anilines is 1. The number of unbranched alkanes of at least 4 members (excludes halogenated alkanes) is 3. The Bertz CT molecular complexity index is 2440. The van der Waals surface area contributed by atoms with Crippen molar-refractivity contribution >= 4 is 117 Å². The van der Waals surface area contributed by atoms with Crippen molar-refractivity contribution in [3.05, 3.63) is 99.7 Å². The third-order valence-corrected chi connectivity index (χ3v) is 17.6. The number of aliphatic carboxylic acids is 2. The normalized spacial score (nSPS) is 20.5. The monoisotopic (exact) mass is 1230 g/mol. The van der Waals surface area contributed by atoms with Gasteiger partial charge in [-0.05, 0) is 113 Å². The summed E-state index contributed by atoms with van der Waals surface area (Å²) in [7, 11) is -8.99. The number of nitrogens with zero attached hydrogens (tertiary/aromatic N) is 2. The van der Waals surface area contributed by atoms with E-state index in [0.29, 0.717) is 54.8 Å². The van der Waals surface area contributed by atoms with Crippen LogP contribution < -0.4 is 4.90 Å². The maximum Gasteiger partial charge on any atom is 0.307 e. The molecule has 12 nitrogen and oxygen atoms in total. The van der Waals surface area contributed by atoms with Crippen LogP contribution in [0.1, 0.15) is 89.7 Å². The SMILES string of the molecule is CCCCC(C(=O)O)C1(C)/C(=C/C=C/C=C/C=C/C2=[N+](CCCS(=O)(=O)O)c3cc(F)c(F)c(F)c3C2(C)CCCCCC(=O)O)N(CS(=O)(=O)O)c2cc(I)c(I)c(I)c21. The van der Waals surface area contributed by atoms with Crippen molar-refractivity contribution in [1.82, 2.24) is 0 Å². The fourth-order valence-corrected chi connectivity index (χ4v) is 12.0. The molecular formula is C41H47F3I3N2O10S2+. The van der Waals surface area contributed by atoms with Gasteiger partial charge in [0.1, 0.15) is 6.54 Å². The van der Waals surface area contributed by atoms with Crippen molar-refractivity contribution in [2.75, 3.05) is 23.1 Å². The zero-order valence-corrected chi connectivity index (χ0v) is 41.6. The summed E-state index contributed by atoms with van der Waals surface area (Å²) in [6.07, 6.45) is 14.0. The van der Waals surface area contributed by atoms with E-state index in [1.165, 1.54) is 9.48 Å². The van der Waals surface area contributed by atoms with Crippen LogP contribution in [-0.2, 0) is 40.7 Å². The third kappa shape index (κ3) is 11.9. The van der Waals surface area contributed by atoms with Gasteiger partial charge in [-0.25, -0.2) is 13.2 Å². The van der Waals surface area contributed by atoms with Gasteiger partial charge in [0.25, 0.3) is 20.2 Å². The fraction of sp³-hybridized carbons (Fsp3) is 0.439. The van der Waals surface area contributed by atoms with Gasteiger partial charge in [0.15, 0.2) is 29.0 Å². The first kappa shape index (κ1) is 51.2. The molecule has 0 fully saturated rings. The number of hydrogen-bond acceptors (Lipinski definition) is 7. The van der Waals surface area contributed by atoms with Crippen molar-refractivity contribution in [2.24, 2.45) is 5.92 Å².